The van der Waals surface area contributed by atoms with Gasteiger partial charge in [-0.3, -0.25) is 4.79 Å². The van der Waals surface area contributed by atoms with E-state index in [0.717, 1.165) is 0 Å². The van der Waals surface area contributed by atoms with Crippen LogP contribution < -0.4 is 0 Å². The highest BCUT2D eigenvalue weighted by atomic mass is 16.5. The molecule has 0 radical (unpaired) electrons. The second kappa shape index (κ2) is 3.05. The summed E-state index contributed by atoms with van der Waals surface area (Å²) < 4.78 is 4.88. The van der Waals surface area contributed by atoms with E-state index in [2.05, 4.69) is 0 Å². The monoisotopic (exact) mass is 172 g/mol. The van der Waals surface area contributed by atoms with E-state index in [1.54, 1.807) is 6.92 Å². The molecule has 0 unspecified atom stereocenters. The first-order valence-corrected chi connectivity index (χ1v) is 4.33. The number of hydrogen-bond acceptors (Lipinski definition) is 3. The second-order valence-corrected chi connectivity index (χ2v) is 3.84. The molecule has 0 bridgehead atoms. The van der Waals surface area contributed by atoms with Crippen LogP contribution in [0.4, 0.5) is 0 Å². The van der Waals surface area contributed by atoms with E-state index >= 15 is 0 Å². The zero-order valence-electron chi connectivity index (χ0n) is 7.83. The molecule has 1 aliphatic rings. The number of carbonyl (C=O) groups is 1. The van der Waals surface area contributed by atoms with Crippen LogP contribution in [0, 0.1) is 17.3 Å². The summed E-state index contributed by atoms with van der Waals surface area (Å²) in [5.74, 6) is -0.166. The number of esters is 1. The number of carbonyl (C=O) groups excluding carboxylic acids is 1. The molecule has 0 aromatic rings. The summed E-state index contributed by atoms with van der Waals surface area (Å²) in [7, 11) is 0. The quantitative estimate of drug-likeness (QED) is 0.641. The molecule has 0 aromatic carbocycles. The second-order valence-electron chi connectivity index (χ2n) is 3.84. The molecule has 12 heavy (non-hydrogen) atoms. The lowest BCUT2D eigenvalue weighted by molar-refractivity contribution is -0.145. The van der Waals surface area contributed by atoms with Crippen LogP contribution in [-0.2, 0) is 9.53 Å². The largest absolute Gasteiger partial charge is 0.466 e. The molecule has 3 nitrogen and oxygen atoms in total. The summed E-state index contributed by atoms with van der Waals surface area (Å²) in [4.78, 5) is 11.3. The van der Waals surface area contributed by atoms with Gasteiger partial charge in [-0.05, 0) is 12.3 Å². The summed E-state index contributed by atoms with van der Waals surface area (Å²) in [6, 6.07) is 0. The minimum atomic E-state index is -0.165. The van der Waals surface area contributed by atoms with E-state index in [1.165, 1.54) is 0 Å². The zero-order valence-corrected chi connectivity index (χ0v) is 7.83. The Hall–Kier alpha value is -0.570. The molecule has 70 valence electrons. The molecule has 2 atom stereocenters. The van der Waals surface area contributed by atoms with Crippen molar-refractivity contribution in [1.29, 1.82) is 0 Å². The van der Waals surface area contributed by atoms with E-state index in [0.29, 0.717) is 6.61 Å². The van der Waals surface area contributed by atoms with Gasteiger partial charge in [0.15, 0.2) is 0 Å². The van der Waals surface area contributed by atoms with Gasteiger partial charge in [-0.15, -0.1) is 0 Å². The third-order valence-corrected chi connectivity index (χ3v) is 2.79. The molecular weight excluding hydrogens is 156 g/mol. The SMILES string of the molecule is CCOC(=O)[C@H]1[C@H](CO)C1(C)C. The molecule has 1 aliphatic carbocycles. The van der Waals surface area contributed by atoms with Crippen molar-refractivity contribution in [2.45, 2.75) is 20.8 Å². The maximum Gasteiger partial charge on any atom is 0.309 e. The Bertz CT molecular complexity index is 186. The fourth-order valence-corrected chi connectivity index (χ4v) is 1.78. The van der Waals surface area contributed by atoms with Gasteiger partial charge in [0.05, 0.1) is 12.5 Å². The van der Waals surface area contributed by atoms with Gasteiger partial charge in [0.2, 0.25) is 0 Å². The first-order chi connectivity index (χ1) is 5.55. The van der Waals surface area contributed by atoms with Crippen LogP contribution in [0.2, 0.25) is 0 Å². The minimum absolute atomic E-state index is 0.0684. The molecule has 1 fully saturated rings. The van der Waals surface area contributed by atoms with Gasteiger partial charge in [-0.1, -0.05) is 13.8 Å². The van der Waals surface area contributed by atoms with Gasteiger partial charge in [0, 0.05) is 12.5 Å². The van der Waals surface area contributed by atoms with E-state index in [1.807, 2.05) is 13.8 Å². The smallest absolute Gasteiger partial charge is 0.309 e. The Kier molecular flexibility index (Phi) is 2.42. The van der Waals surface area contributed by atoms with Crippen LogP contribution in [0.25, 0.3) is 0 Å². The van der Waals surface area contributed by atoms with Gasteiger partial charge in [0.25, 0.3) is 0 Å². The summed E-state index contributed by atoms with van der Waals surface area (Å²) in [6.45, 7) is 6.26. The normalized spacial score (nSPS) is 31.3. The van der Waals surface area contributed by atoms with E-state index in [9.17, 15) is 4.79 Å². The fraction of sp³-hybridized carbons (Fsp3) is 0.889. The van der Waals surface area contributed by atoms with Gasteiger partial charge in [0.1, 0.15) is 0 Å². The van der Waals surface area contributed by atoms with E-state index in [-0.39, 0.29) is 29.8 Å². The summed E-state index contributed by atoms with van der Waals surface area (Å²) in [6.07, 6.45) is 0. The van der Waals surface area contributed by atoms with Gasteiger partial charge < -0.3 is 9.84 Å². The molecule has 0 aliphatic heterocycles. The van der Waals surface area contributed by atoms with Crippen LogP contribution in [0.5, 0.6) is 0 Å². The van der Waals surface area contributed by atoms with Crippen LogP contribution in [-0.4, -0.2) is 24.3 Å². The third-order valence-electron chi connectivity index (χ3n) is 2.79. The maximum absolute atomic E-state index is 11.3. The van der Waals surface area contributed by atoms with Crippen LogP contribution in [0.3, 0.4) is 0 Å². The average molecular weight is 172 g/mol. The lowest BCUT2D eigenvalue weighted by Crippen LogP contribution is -2.10. The number of ether oxygens (including phenoxy) is 1. The van der Waals surface area contributed by atoms with Crippen molar-refractivity contribution >= 4 is 5.97 Å². The Morgan fingerprint density at radius 3 is 2.50 bits per heavy atom. The third kappa shape index (κ3) is 1.33. The van der Waals surface area contributed by atoms with Crippen molar-refractivity contribution in [2.24, 2.45) is 17.3 Å². The number of aliphatic hydroxyl groups is 1. The van der Waals surface area contributed by atoms with Crippen LogP contribution >= 0.6 is 0 Å². The molecule has 1 N–H and O–H groups in total. The number of hydrogen-bond donors (Lipinski definition) is 1. The molecule has 0 heterocycles. The van der Waals surface area contributed by atoms with Gasteiger partial charge in [-0.2, -0.15) is 0 Å². The minimum Gasteiger partial charge on any atom is -0.466 e. The van der Waals surface area contributed by atoms with Crippen molar-refractivity contribution in [2.75, 3.05) is 13.2 Å². The molecule has 1 saturated carbocycles. The molecular formula is C9H16O3. The molecule has 0 saturated heterocycles. The summed E-state index contributed by atoms with van der Waals surface area (Å²) in [5, 5.41) is 8.92. The number of aliphatic hydroxyl groups excluding tert-OH is 1. The lowest BCUT2D eigenvalue weighted by atomic mass is 10.1. The van der Waals surface area contributed by atoms with Crippen molar-refractivity contribution in [3.05, 3.63) is 0 Å². The summed E-state index contributed by atoms with van der Waals surface area (Å²) >= 11 is 0. The highest BCUT2D eigenvalue weighted by Gasteiger charge is 2.62. The lowest BCUT2D eigenvalue weighted by Gasteiger charge is -2.01. The highest BCUT2D eigenvalue weighted by molar-refractivity contribution is 5.77. The van der Waals surface area contributed by atoms with Crippen molar-refractivity contribution in [3.63, 3.8) is 0 Å². The first-order valence-electron chi connectivity index (χ1n) is 4.33. The molecule has 0 aromatic heterocycles. The van der Waals surface area contributed by atoms with Crippen LogP contribution in [0.15, 0.2) is 0 Å². The van der Waals surface area contributed by atoms with Crippen molar-refractivity contribution in [1.82, 2.24) is 0 Å². The molecule has 1 rings (SSSR count). The number of rotatable bonds is 3. The highest BCUT2D eigenvalue weighted by Crippen LogP contribution is 2.58. The van der Waals surface area contributed by atoms with Gasteiger partial charge >= 0.3 is 5.97 Å². The molecule has 3 heteroatoms. The first kappa shape index (κ1) is 9.52. The Morgan fingerprint density at radius 1 is 1.58 bits per heavy atom. The fourth-order valence-electron chi connectivity index (χ4n) is 1.78. The van der Waals surface area contributed by atoms with E-state index < -0.39 is 0 Å². The van der Waals surface area contributed by atoms with Gasteiger partial charge in [-0.25, -0.2) is 0 Å². The Balaban J connectivity index is 2.51. The zero-order chi connectivity index (χ0) is 9.35. The maximum atomic E-state index is 11.3. The Labute approximate surface area is 72.7 Å². The molecule has 0 amide bonds. The summed E-state index contributed by atoms with van der Waals surface area (Å²) in [5.41, 5.74) is -0.0684. The topological polar surface area (TPSA) is 46.5 Å². The predicted molar refractivity (Wildman–Crippen MR) is 44.5 cm³/mol. The molecule has 0 spiro atoms. The Morgan fingerprint density at radius 2 is 2.17 bits per heavy atom. The standard InChI is InChI=1S/C9H16O3/c1-4-12-8(11)7-6(5-10)9(7,2)3/h6-7,10H,4-5H2,1-3H3/t6-,7+/m0/s1. The predicted octanol–water partition coefficient (Wildman–Crippen LogP) is 0.814. The van der Waals surface area contributed by atoms with Crippen molar-refractivity contribution < 1.29 is 14.6 Å². The van der Waals surface area contributed by atoms with Crippen molar-refractivity contribution in [3.8, 4) is 0 Å². The average Bonchev–Trinajstić information content (AvgIpc) is 2.53. The van der Waals surface area contributed by atoms with E-state index in [4.69, 9.17) is 9.84 Å². The van der Waals surface area contributed by atoms with Crippen LogP contribution in [0.1, 0.15) is 20.8 Å².